The highest BCUT2D eigenvalue weighted by Gasteiger charge is 2.31. The topological polar surface area (TPSA) is 71.2 Å². The average Bonchev–Trinajstić information content (AvgIpc) is 3.25. The molecule has 0 amide bonds. The molecule has 1 aliphatic heterocycles. The van der Waals surface area contributed by atoms with E-state index in [2.05, 4.69) is 10.2 Å². The fourth-order valence-corrected chi connectivity index (χ4v) is 4.39. The van der Waals surface area contributed by atoms with Crippen LogP contribution in [0, 0.1) is 13.8 Å². The first kappa shape index (κ1) is 22.3. The Labute approximate surface area is 186 Å². The molecule has 3 heterocycles. The molecule has 0 fully saturated rings. The van der Waals surface area contributed by atoms with Gasteiger partial charge in [0.1, 0.15) is 13.2 Å². The minimum absolute atomic E-state index is 0.0210. The van der Waals surface area contributed by atoms with Crippen LogP contribution in [0.15, 0.2) is 35.5 Å². The number of para-hydroxylation sites is 2. The van der Waals surface area contributed by atoms with Crippen molar-refractivity contribution in [3.8, 4) is 11.5 Å². The molecular formula is C21H21F3N4O3S. The molecule has 2 aromatic heterocycles. The quantitative estimate of drug-likeness (QED) is 0.399. The fourth-order valence-electron chi connectivity index (χ4n) is 3.59. The second kappa shape index (κ2) is 8.53. The Morgan fingerprint density at radius 3 is 2.66 bits per heavy atom. The number of ketones is 1. The van der Waals surface area contributed by atoms with Gasteiger partial charge in [-0.2, -0.15) is 13.2 Å². The SMILES string of the molecule is Cc1cc(C(=O)CSc2nnc([C@H]3COc4ccccc4O3)n2C)c(C)n1CC(F)(F)F. The Hall–Kier alpha value is -2.95. The number of halogens is 3. The molecule has 0 unspecified atom stereocenters. The number of alkyl halides is 3. The maximum absolute atomic E-state index is 12.8. The van der Waals surface area contributed by atoms with E-state index in [1.165, 1.54) is 24.8 Å². The number of hydrogen-bond acceptors (Lipinski definition) is 6. The van der Waals surface area contributed by atoms with Gasteiger partial charge in [-0.25, -0.2) is 0 Å². The third-order valence-electron chi connectivity index (χ3n) is 5.21. The molecule has 0 saturated heterocycles. The summed E-state index contributed by atoms with van der Waals surface area (Å²) in [5.74, 6) is 1.58. The molecule has 0 aliphatic carbocycles. The van der Waals surface area contributed by atoms with Gasteiger partial charge < -0.3 is 18.6 Å². The molecule has 4 rings (SSSR count). The summed E-state index contributed by atoms with van der Waals surface area (Å²) >= 11 is 1.17. The molecule has 0 N–H and O–H groups in total. The number of aromatic nitrogens is 4. The summed E-state index contributed by atoms with van der Waals surface area (Å²) in [4.78, 5) is 12.7. The van der Waals surface area contributed by atoms with Gasteiger partial charge in [-0.1, -0.05) is 23.9 Å². The number of carbonyl (C=O) groups is 1. The molecule has 1 atom stereocenters. The van der Waals surface area contributed by atoms with Crippen molar-refractivity contribution in [2.75, 3.05) is 12.4 Å². The molecule has 1 aromatic carbocycles. The number of hydrogen-bond donors (Lipinski definition) is 0. The van der Waals surface area contributed by atoms with Gasteiger partial charge in [-0.15, -0.1) is 10.2 Å². The van der Waals surface area contributed by atoms with E-state index in [1.807, 2.05) is 18.2 Å². The number of fused-ring (bicyclic) bond motifs is 1. The van der Waals surface area contributed by atoms with Crippen LogP contribution in [0.1, 0.15) is 33.7 Å². The van der Waals surface area contributed by atoms with Crippen molar-refractivity contribution in [3.63, 3.8) is 0 Å². The number of carbonyl (C=O) groups excluding carboxylic acids is 1. The van der Waals surface area contributed by atoms with E-state index < -0.39 is 18.8 Å². The maximum atomic E-state index is 12.8. The van der Waals surface area contributed by atoms with Crippen LogP contribution in [0.25, 0.3) is 0 Å². The normalized spacial score (nSPS) is 15.8. The zero-order valence-corrected chi connectivity index (χ0v) is 18.5. The number of rotatable bonds is 6. The van der Waals surface area contributed by atoms with Crippen molar-refractivity contribution in [1.29, 1.82) is 0 Å². The molecule has 0 radical (unpaired) electrons. The maximum Gasteiger partial charge on any atom is 0.406 e. The molecule has 0 spiro atoms. The number of aryl methyl sites for hydroxylation is 1. The zero-order valence-electron chi connectivity index (χ0n) is 17.6. The summed E-state index contributed by atoms with van der Waals surface area (Å²) in [7, 11) is 1.77. The third kappa shape index (κ3) is 4.47. The molecular weight excluding hydrogens is 445 g/mol. The van der Waals surface area contributed by atoms with Crippen LogP contribution in [0.2, 0.25) is 0 Å². The second-order valence-corrected chi connectivity index (χ2v) is 8.40. The van der Waals surface area contributed by atoms with Gasteiger partial charge in [0.2, 0.25) is 0 Å². The first-order chi connectivity index (χ1) is 15.1. The first-order valence-corrected chi connectivity index (χ1v) is 10.8. The Balaban J connectivity index is 1.44. The van der Waals surface area contributed by atoms with Crippen molar-refractivity contribution in [1.82, 2.24) is 19.3 Å². The number of ether oxygens (including phenoxy) is 2. The summed E-state index contributed by atoms with van der Waals surface area (Å²) in [5.41, 5.74) is 0.974. The summed E-state index contributed by atoms with van der Waals surface area (Å²) in [6.45, 7) is 2.24. The first-order valence-electron chi connectivity index (χ1n) is 9.81. The Bertz CT molecular complexity index is 1160. The lowest BCUT2D eigenvalue weighted by Gasteiger charge is -2.25. The largest absolute Gasteiger partial charge is 0.485 e. The van der Waals surface area contributed by atoms with Crippen LogP contribution in [-0.4, -0.2) is 43.7 Å². The van der Waals surface area contributed by atoms with Crippen molar-refractivity contribution in [3.05, 3.63) is 53.1 Å². The van der Waals surface area contributed by atoms with E-state index in [0.717, 1.165) is 4.57 Å². The predicted octanol–water partition coefficient (Wildman–Crippen LogP) is 4.28. The highest BCUT2D eigenvalue weighted by Crippen LogP contribution is 2.36. The fraction of sp³-hybridized carbons (Fsp3) is 0.381. The molecule has 0 bridgehead atoms. The lowest BCUT2D eigenvalue weighted by atomic mass is 10.2. The molecule has 0 saturated carbocycles. The third-order valence-corrected chi connectivity index (χ3v) is 6.23. The highest BCUT2D eigenvalue weighted by atomic mass is 32.2. The average molecular weight is 466 g/mol. The summed E-state index contributed by atoms with van der Waals surface area (Å²) in [5, 5.41) is 8.83. The van der Waals surface area contributed by atoms with Crippen LogP contribution < -0.4 is 9.47 Å². The van der Waals surface area contributed by atoms with Crippen molar-refractivity contribution < 1.29 is 27.4 Å². The van der Waals surface area contributed by atoms with Gasteiger partial charge in [0.25, 0.3) is 0 Å². The Morgan fingerprint density at radius 1 is 1.22 bits per heavy atom. The van der Waals surface area contributed by atoms with Crippen LogP contribution in [-0.2, 0) is 13.6 Å². The van der Waals surface area contributed by atoms with Crippen molar-refractivity contribution in [2.45, 2.75) is 37.8 Å². The smallest absolute Gasteiger partial charge is 0.406 e. The minimum Gasteiger partial charge on any atom is -0.485 e. The number of thioether (sulfide) groups is 1. The highest BCUT2D eigenvalue weighted by molar-refractivity contribution is 7.99. The zero-order chi connectivity index (χ0) is 23.0. The van der Waals surface area contributed by atoms with E-state index in [-0.39, 0.29) is 23.7 Å². The van der Waals surface area contributed by atoms with Gasteiger partial charge in [0, 0.05) is 24.0 Å². The van der Waals surface area contributed by atoms with Gasteiger partial charge >= 0.3 is 6.18 Å². The summed E-state index contributed by atoms with van der Waals surface area (Å²) in [6.07, 6.45) is -4.81. The second-order valence-electron chi connectivity index (χ2n) is 7.46. The standard InChI is InChI=1S/C21H21F3N4O3S/c1-12-8-14(13(2)28(12)11-21(22,23)24)15(29)10-32-20-26-25-19(27(20)3)18-9-30-16-6-4-5-7-17(16)31-18/h4-8,18H,9-11H2,1-3H3/t18-/m1/s1. The molecule has 170 valence electrons. The number of benzene rings is 1. The monoisotopic (exact) mass is 466 g/mol. The Kier molecular flexibility index (Phi) is 5.93. The van der Waals surface area contributed by atoms with Gasteiger partial charge in [0.15, 0.2) is 34.4 Å². The van der Waals surface area contributed by atoms with Crippen LogP contribution in [0.4, 0.5) is 13.2 Å². The number of nitrogens with zero attached hydrogens (tertiary/aromatic N) is 4. The van der Waals surface area contributed by atoms with Crippen LogP contribution in [0.3, 0.4) is 0 Å². The summed E-state index contributed by atoms with van der Waals surface area (Å²) in [6, 6.07) is 8.83. The predicted molar refractivity (Wildman–Crippen MR) is 111 cm³/mol. The van der Waals surface area contributed by atoms with Crippen LogP contribution in [0.5, 0.6) is 11.5 Å². The lowest BCUT2D eigenvalue weighted by molar-refractivity contribution is -0.141. The van der Waals surface area contributed by atoms with Crippen LogP contribution >= 0.6 is 11.8 Å². The van der Waals surface area contributed by atoms with Crippen molar-refractivity contribution in [2.24, 2.45) is 7.05 Å². The number of Topliss-reactive ketones (excluding diaryl/α,β-unsaturated/α-hetero) is 1. The molecule has 3 aromatic rings. The van der Waals surface area contributed by atoms with E-state index in [9.17, 15) is 18.0 Å². The van der Waals surface area contributed by atoms with Gasteiger partial charge in [0.05, 0.1) is 5.75 Å². The molecule has 32 heavy (non-hydrogen) atoms. The van der Waals surface area contributed by atoms with E-state index in [4.69, 9.17) is 9.47 Å². The van der Waals surface area contributed by atoms with E-state index >= 15 is 0 Å². The molecule has 11 heteroatoms. The van der Waals surface area contributed by atoms with E-state index in [1.54, 1.807) is 24.6 Å². The van der Waals surface area contributed by atoms with E-state index in [0.29, 0.717) is 33.9 Å². The minimum atomic E-state index is -4.36. The Morgan fingerprint density at radius 2 is 1.94 bits per heavy atom. The molecule has 7 nitrogen and oxygen atoms in total. The summed E-state index contributed by atoms with van der Waals surface area (Å²) < 4.78 is 53.0. The van der Waals surface area contributed by atoms with Gasteiger partial charge in [-0.3, -0.25) is 4.79 Å². The lowest BCUT2D eigenvalue weighted by Crippen LogP contribution is -2.24. The molecule has 1 aliphatic rings. The van der Waals surface area contributed by atoms with Crippen molar-refractivity contribution >= 4 is 17.5 Å². The van der Waals surface area contributed by atoms with Gasteiger partial charge in [-0.05, 0) is 32.0 Å².